The Labute approximate surface area is 115 Å². The second-order valence-electron chi connectivity index (χ2n) is 4.61. The predicted molar refractivity (Wildman–Crippen MR) is 74.1 cm³/mol. The molecule has 3 aromatic rings. The summed E-state index contributed by atoms with van der Waals surface area (Å²) >= 11 is 0. The maximum atomic E-state index is 9.72. The molecular weight excluding hydrogens is 254 g/mol. The molecule has 0 aliphatic heterocycles. The number of aromatic hydroxyl groups is 1. The van der Waals surface area contributed by atoms with Gasteiger partial charge in [0.2, 0.25) is 5.82 Å². The highest BCUT2D eigenvalue weighted by atomic mass is 16.5. The van der Waals surface area contributed by atoms with Crippen LogP contribution in [0.1, 0.15) is 11.3 Å². The quantitative estimate of drug-likeness (QED) is 0.772. The van der Waals surface area contributed by atoms with Crippen LogP contribution in [-0.2, 0) is 0 Å². The average Bonchev–Trinajstić information content (AvgIpc) is 2.92. The Hall–Kier alpha value is -2.69. The van der Waals surface area contributed by atoms with Gasteiger partial charge in [-0.2, -0.15) is 4.98 Å². The third-order valence-corrected chi connectivity index (χ3v) is 3.05. The van der Waals surface area contributed by atoms with Gasteiger partial charge in [-0.1, -0.05) is 11.2 Å². The van der Waals surface area contributed by atoms with E-state index in [0.717, 1.165) is 16.8 Å². The second kappa shape index (κ2) is 4.77. The molecule has 0 amide bonds. The minimum atomic E-state index is 0.208. The van der Waals surface area contributed by atoms with Crippen molar-refractivity contribution >= 4 is 0 Å². The van der Waals surface area contributed by atoms with E-state index in [-0.39, 0.29) is 5.75 Å². The van der Waals surface area contributed by atoms with E-state index in [1.165, 1.54) is 0 Å². The third-order valence-electron chi connectivity index (χ3n) is 3.05. The van der Waals surface area contributed by atoms with Gasteiger partial charge in [0.15, 0.2) is 0 Å². The van der Waals surface area contributed by atoms with E-state index >= 15 is 0 Å². The Morgan fingerprint density at radius 2 is 1.85 bits per heavy atom. The number of aryl methyl sites for hydroxylation is 2. The van der Waals surface area contributed by atoms with Crippen LogP contribution in [0, 0.1) is 13.8 Å². The molecule has 2 heterocycles. The van der Waals surface area contributed by atoms with Gasteiger partial charge in [0.1, 0.15) is 5.75 Å². The molecule has 0 saturated carbocycles. The van der Waals surface area contributed by atoms with Crippen molar-refractivity contribution in [1.29, 1.82) is 0 Å². The SMILES string of the molecule is Cc1ccc(-c2noc(-c3ccc(C)c(O)c3)n2)cn1. The lowest BCUT2D eigenvalue weighted by Crippen LogP contribution is -1.85. The number of hydrogen-bond acceptors (Lipinski definition) is 5. The summed E-state index contributed by atoms with van der Waals surface area (Å²) in [7, 11) is 0. The van der Waals surface area contributed by atoms with Crippen molar-refractivity contribution < 1.29 is 9.63 Å². The van der Waals surface area contributed by atoms with Crippen LogP contribution in [0.15, 0.2) is 41.1 Å². The van der Waals surface area contributed by atoms with Crippen LogP contribution >= 0.6 is 0 Å². The molecule has 5 nitrogen and oxygen atoms in total. The summed E-state index contributed by atoms with van der Waals surface area (Å²) in [5.41, 5.74) is 3.21. The number of phenolic OH excluding ortho intramolecular Hbond substituents is 1. The summed E-state index contributed by atoms with van der Waals surface area (Å²) in [4.78, 5) is 8.52. The number of phenols is 1. The van der Waals surface area contributed by atoms with Gasteiger partial charge in [0.05, 0.1) is 0 Å². The molecule has 0 saturated heterocycles. The maximum Gasteiger partial charge on any atom is 0.258 e. The molecule has 0 radical (unpaired) electrons. The first-order valence-electron chi connectivity index (χ1n) is 6.20. The van der Waals surface area contributed by atoms with Crippen molar-refractivity contribution in [1.82, 2.24) is 15.1 Å². The number of pyridine rings is 1. The van der Waals surface area contributed by atoms with Gasteiger partial charge in [0.25, 0.3) is 5.89 Å². The number of aromatic nitrogens is 3. The summed E-state index contributed by atoms with van der Waals surface area (Å²) in [6, 6.07) is 9.04. The molecule has 0 spiro atoms. The van der Waals surface area contributed by atoms with Gasteiger partial charge in [-0.3, -0.25) is 4.98 Å². The van der Waals surface area contributed by atoms with E-state index in [4.69, 9.17) is 4.52 Å². The first-order chi connectivity index (χ1) is 9.63. The number of benzene rings is 1. The summed E-state index contributed by atoms with van der Waals surface area (Å²) < 4.78 is 5.23. The number of nitrogens with zero attached hydrogens (tertiary/aromatic N) is 3. The number of rotatable bonds is 2. The summed E-state index contributed by atoms with van der Waals surface area (Å²) in [5.74, 6) is 1.06. The minimum Gasteiger partial charge on any atom is -0.508 e. The van der Waals surface area contributed by atoms with Crippen LogP contribution in [-0.4, -0.2) is 20.2 Å². The zero-order valence-corrected chi connectivity index (χ0v) is 11.2. The van der Waals surface area contributed by atoms with E-state index in [1.807, 2.05) is 38.1 Å². The maximum absolute atomic E-state index is 9.72. The molecule has 0 unspecified atom stereocenters. The van der Waals surface area contributed by atoms with Gasteiger partial charge in [-0.25, -0.2) is 0 Å². The topological polar surface area (TPSA) is 72.0 Å². The highest BCUT2D eigenvalue weighted by molar-refractivity contribution is 5.61. The first-order valence-corrected chi connectivity index (χ1v) is 6.20. The van der Waals surface area contributed by atoms with E-state index < -0.39 is 0 Å². The molecule has 20 heavy (non-hydrogen) atoms. The molecule has 0 atom stereocenters. The fraction of sp³-hybridized carbons (Fsp3) is 0.133. The van der Waals surface area contributed by atoms with Crippen molar-refractivity contribution in [3.05, 3.63) is 47.8 Å². The van der Waals surface area contributed by atoms with Crippen molar-refractivity contribution in [2.24, 2.45) is 0 Å². The molecule has 100 valence electrons. The average molecular weight is 267 g/mol. The zero-order chi connectivity index (χ0) is 14.1. The van der Waals surface area contributed by atoms with Crippen LogP contribution in [0.2, 0.25) is 0 Å². The van der Waals surface area contributed by atoms with Gasteiger partial charge in [-0.15, -0.1) is 0 Å². The lowest BCUT2D eigenvalue weighted by atomic mass is 10.1. The van der Waals surface area contributed by atoms with E-state index in [9.17, 15) is 5.11 Å². The first kappa shape index (κ1) is 12.3. The summed E-state index contributed by atoms with van der Waals surface area (Å²) in [5, 5.41) is 13.7. The molecule has 3 rings (SSSR count). The molecule has 0 bridgehead atoms. The molecule has 0 aliphatic carbocycles. The van der Waals surface area contributed by atoms with Crippen LogP contribution in [0.25, 0.3) is 22.8 Å². The largest absolute Gasteiger partial charge is 0.508 e. The minimum absolute atomic E-state index is 0.208. The van der Waals surface area contributed by atoms with Crippen LogP contribution in [0.4, 0.5) is 0 Å². The van der Waals surface area contributed by atoms with E-state index in [1.54, 1.807) is 12.3 Å². The Kier molecular flexibility index (Phi) is 2.95. The van der Waals surface area contributed by atoms with Crippen LogP contribution in [0.3, 0.4) is 0 Å². The Balaban J connectivity index is 1.97. The Morgan fingerprint density at radius 1 is 1.05 bits per heavy atom. The summed E-state index contributed by atoms with van der Waals surface area (Å²) in [6.45, 7) is 3.75. The second-order valence-corrected chi connectivity index (χ2v) is 4.61. The monoisotopic (exact) mass is 267 g/mol. The predicted octanol–water partition coefficient (Wildman–Crippen LogP) is 3.12. The van der Waals surface area contributed by atoms with Gasteiger partial charge in [0, 0.05) is 23.0 Å². The van der Waals surface area contributed by atoms with Gasteiger partial charge in [-0.05, 0) is 43.7 Å². The molecule has 0 aliphatic rings. The van der Waals surface area contributed by atoms with E-state index in [2.05, 4.69) is 15.1 Å². The molecule has 1 N–H and O–H groups in total. The Bertz CT molecular complexity index is 748. The van der Waals surface area contributed by atoms with Crippen LogP contribution in [0.5, 0.6) is 5.75 Å². The lowest BCUT2D eigenvalue weighted by Gasteiger charge is -1.99. The molecule has 0 fully saturated rings. The fourth-order valence-corrected chi connectivity index (χ4v) is 1.80. The van der Waals surface area contributed by atoms with Gasteiger partial charge >= 0.3 is 0 Å². The van der Waals surface area contributed by atoms with Crippen molar-refractivity contribution in [3.63, 3.8) is 0 Å². The summed E-state index contributed by atoms with van der Waals surface area (Å²) in [6.07, 6.45) is 1.70. The highest BCUT2D eigenvalue weighted by Crippen LogP contribution is 2.26. The molecular formula is C15H13N3O2. The molecule has 1 aromatic carbocycles. The molecule has 2 aromatic heterocycles. The van der Waals surface area contributed by atoms with Crippen molar-refractivity contribution in [2.45, 2.75) is 13.8 Å². The third kappa shape index (κ3) is 2.25. The molecule has 5 heteroatoms. The lowest BCUT2D eigenvalue weighted by molar-refractivity contribution is 0.431. The standard InChI is InChI=1S/C15H13N3O2/c1-9-3-5-11(7-13(9)19)15-17-14(18-20-15)12-6-4-10(2)16-8-12/h3-8,19H,1-2H3. The van der Waals surface area contributed by atoms with Crippen LogP contribution < -0.4 is 0 Å². The van der Waals surface area contributed by atoms with Crippen molar-refractivity contribution in [2.75, 3.05) is 0 Å². The smallest absolute Gasteiger partial charge is 0.258 e. The highest BCUT2D eigenvalue weighted by Gasteiger charge is 2.11. The fourth-order valence-electron chi connectivity index (χ4n) is 1.80. The van der Waals surface area contributed by atoms with Gasteiger partial charge < -0.3 is 9.63 Å². The normalized spacial score (nSPS) is 10.7. The van der Waals surface area contributed by atoms with E-state index in [0.29, 0.717) is 17.3 Å². The zero-order valence-electron chi connectivity index (χ0n) is 11.2. The van der Waals surface area contributed by atoms with Crippen molar-refractivity contribution in [3.8, 4) is 28.6 Å². The Morgan fingerprint density at radius 3 is 2.55 bits per heavy atom. The number of hydrogen-bond donors (Lipinski definition) is 1.